The van der Waals surface area contributed by atoms with Crippen LogP contribution in [0.4, 0.5) is 22.8 Å². The molecule has 8 aliphatic heterocycles. The van der Waals surface area contributed by atoms with Crippen LogP contribution in [0.2, 0.25) is 0 Å². The molecule has 8 heterocycles. The third-order valence-electron chi connectivity index (χ3n) is 13.9. The van der Waals surface area contributed by atoms with E-state index in [1.165, 1.54) is 24.2 Å². The Hall–Kier alpha value is -4.62. The zero-order valence-electron chi connectivity index (χ0n) is 42.0. The molecule has 0 aromatic rings. The minimum atomic E-state index is -5.19. The summed E-state index contributed by atoms with van der Waals surface area (Å²) in [6.07, 6.45) is 3.79. The Morgan fingerprint density at radius 3 is 1.64 bits per heavy atom. The predicted octanol–water partition coefficient (Wildman–Crippen LogP) is -6.38. The molecule has 0 aromatic heterocycles. The lowest BCUT2D eigenvalue weighted by atomic mass is 10.0. The van der Waals surface area contributed by atoms with Crippen LogP contribution in [0.1, 0.15) is 83.5 Å². The van der Waals surface area contributed by atoms with Gasteiger partial charge in [0.2, 0.25) is 0 Å². The van der Waals surface area contributed by atoms with Gasteiger partial charge in [-0.25, -0.2) is 26.6 Å². The monoisotopic (exact) mass is 1140 g/mol. The largest absolute Gasteiger partial charge is 0.731 e. The van der Waals surface area contributed by atoms with Crippen LogP contribution in [-0.2, 0) is 49.4 Å². The summed E-state index contributed by atoms with van der Waals surface area (Å²) in [4.78, 5) is 91.5. The summed E-state index contributed by atoms with van der Waals surface area (Å²) in [5, 5.41) is 43.4. The number of hydroxylamine groups is 2. The number of alkyl halides is 3. The summed E-state index contributed by atoms with van der Waals surface area (Å²) in [6, 6.07) is -1.94. The SMILES string of the molecule is O=C(N[C@H]1CCCN(CCO)CC1)N1CC[C@@H]2[C@H]1C(=O)N2S(=O)(=O)O.O=C(N[C@H]1CCCN(CCO)CC1)ON1C(=O)CCC1=O.O=C([O-])C(F)(F)F.O=C1[C@H]2[NH2+]CC[C@H]2N1S(=O)(=O)[O-].[NH3+][C@H]1CCCN(CCO)CC1. The number of aliphatic hydroxyl groups excluding tert-OH is 3. The molecule has 8 aliphatic rings. The maximum Gasteiger partial charge on any atom is 0.432 e. The van der Waals surface area contributed by atoms with E-state index >= 15 is 0 Å². The summed E-state index contributed by atoms with van der Waals surface area (Å²) in [5.74, 6) is -5.29. The van der Waals surface area contributed by atoms with Gasteiger partial charge in [-0.2, -0.15) is 21.6 Å². The molecule has 0 radical (unpaired) electrons. The van der Waals surface area contributed by atoms with Gasteiger partial charge in [-0.1, -0.05) is 0 Å². The average molecular weight is 1140 g/mol. The lowest BCUT2D eigenvalue weighted by Crippen LogP contribution is -2.95. The van der Waals surface area contributed by atoms with Crippen molar-refractivity contribution in [3.8, 4) is 0 Å². The number of carboxylic acid groups (broad SMARTS) is 1. The van der Waals surface area contributed by atoms with E-state index in [1.807, 2.05) is 0 Å². The van der Waals surface area contributed by atoms with Gasteiger partial charge in [0, 0.05) is 90.0 Å². The molecule has 8 fully saturated rings. The number of carbonyl (C=O) groups excluding carboxylic acids is 7. The third-order valence-corrected chi connectivity index (χ3v) is 15.8. The molecule has 8 saturated heterocycles. The number of carbonyl (C=O) groups is 7. The first-order valence-corrected chi connectivity index (χ1v) is 27.9. The Morgan fingerprint density at radius 2 is 1.17 bits per heavy atom. The molecule has 11 N–H and O–H groups in total. The predicted molar refractivity (Wildman–Crippen MR) is 250 cm³/mol. The number of urea groups is 1. The van der Waals surface area contributed by atoms with Crippen LogP contribution in [-0.4, -0.2) is 257 Å². The maximum atomic E-state index is 12.5. The van der Waals surface area contributed by atoms with Gasteiger partial charge in [0.05, 0.1) is 38.4 Å². The number of hydrogen-bond acceptors (Lipinski definition) is 20. The molecule has 29 nitrogen and oxygen atoms in total. The van der Waals surface area contributed by atoms with E-state index in [0.717, 1.165) is 84.3 Å². The first kappa shape index (κ1) is 63.9. The number of halogens is 3. The highest BCUT2D eigenvalue weighted by Gasteiger charge is 2.60. The summed E-state index contributed by atoms with van der Waals surface area (Å²) in [6.45, 7) is 9.22. The second-order valence-corrected chi connectivity index (χ2v) is 21.7. The van der Waals surface area contributed by atoms with Crippen molar-refractivity contribution in [1.29, 1.82) is 0 Å². The number of carboxylic acids is 1. The molecule has 0 aliphatic carbocycles. The number of hydrogen-bond donors (Lipinski definition) is 8. The van der Waals surface area contributed by atoms with Gasteiger partial charge in [-0.3, -0.25) is 23.7 Å². The molecule has 436 valence electrons. The standard InChI is InChI=1S/C14H24N4O6S.C13H21N3O5.C8H18N2O.C5H8N2O4S.C2HF3O2/c19-9-8-16-5-1-2-10(3-6-16)15-14(21)17-7-4-11-12(17)13(20)18(11)25(22,23)24;17-9-8-15-6-1-2-10(5-7-15)14-13(20)21-16-11(18)3-4-12(16)19;9-8-2-1-4-10(5-3-8)6-7-11;8-5-4-3(1-2-6-4)7(5)12(9,10)11;3-2(4,5)1(6)7/h10-12,19H,1-9H2,(H,15,21)(H,22,23,24);10,17H,1-9H2,(H,14,20);8,11H,1-7,9H2;3-4,6H,1-2H2,(H,9,10,11);(H,6,7)/t10-,11+,12-;10-;8-;3-,4+;/m0001./s1. The van der Waals surface area contributed by atoms with Gasteiger partial charge in [0.25, 0.3) is 23.6 Å². The molecular formula is C42H72F3N11O18S2. The molecule has 0 unspecified atom stereocenters. The zero-order valence-corrected chi connectivity index (χ0v) is 43.6. The first-order valence-electron chi connectivity index (χ1n) is 25.2. The van der Waals surface area contributed by atoms with Gasteiger partial charge in [0.15, 0.2) is 16.3 Å². The third kappa shape index (κ3) is 18.8. The van der Waals surface area contributed by atoms with Crippen molar-refractivity contribution < 1.29 is 109 Å². The zero-order chi connectivity index (χ0) is 56.5. The number of aliphatic hydroxyl groups is 3. The Bertz CT molecular complexity index is 2210. The van der Waals surface area contributed by atoms with Gasteiger partial charge >= 0.3 is 28.6 Å². The number of fused-ring (bicyclic) bond motifs is 2. The van der Waals surface area contributed by atoms with E-state index in [1.54, 1.807) is 5.32 Å². The minimum absolute atomic E-state index is 0.0110. The number of nitrogens with zero attached hydrogens (tertiary/aromatic N) is 7. The molecule has 0 aromatic carbocycles. The lowest BCUT2D eigenvalue weighted by Gasteiger charge is -2.42. The number of β-amino-alcohol motifs (C(OH)–C–C–N with tert-alkyl or cyclic N) is 3. The fraction of sp³-hybridized carbons (Fsp3) is 0.833. The second-order valence-electron chi connectivity index (χ2n) is 19.2. The van der Waals surface area contributed by atoms with E-state index in [2.05, 4.69) is 31.1 Å². The number of nitrogens with one attached hydrogen (secondary N) is 2. The highest BCUT2D eigenvalue weighted by atomic mass is 32.2. The van der Waals surface area contributed by atoms with E-state index < -0.39 is 74.6 Å². The van der Waals surface area contributed by atoms with E-state index in [0.29, 0.717) is 58.8 Å². The highest BCUT2D eigenvalue weighted by Crippen LogP contribution is 2.35. The number of likely N-dealkylation sites (tertiary alicyclic amines) is 4. The van der Waals surface area contributed by atoms with Crippen LogP contribution < -0.4 is 26.8 Å². The fourth-order valence-corrected chi connectivity index (χ4v) is 11.8. The Labute approximate surface area is 437 Å². The first-order chi connectivity index (χ1) is 35.7. The summed E-state index contributed by atoms with van der Waals surface area (Å²) < 4.78 is 95.5. The van der Waals surface area contributed by atoms with Crippen LogP contribution >= 0.6 is 0 Å². The molecule has 0 spiro atoms. The lowest BCUT2D eigenvalue weighted by molar-refractivity contribution is -0.664. The van der Waals surface area contributed by atoms with Crippen LogP contribution in [0.25, 0.3) is 0 Å². The van der Waals surface area contributed by atoms with Gasteiger partial charge in [-0.05, 0) is 71.0 Å². The number of amides is 7. The van der Waals surface area contributed by atoms with E-state index in [4.69, 9.17) is 34.6 Å². The Kier molecular flexibility index (Phi) is 24.7. The van der Waals surface area contributed by atoms with Gasteiger partial charge in [-0.15, -0.1) is 5.06 Å². The molecule has 7 atom stereocenters. The molecular weight excluding hydrogens is 1070 g/mol. The summed E-state index contributed by atoms with van der Waals surface area (Å²) >= 11 is 0. The minimum Gasteiger partial charge on any atom is -0.731 e. The number of imide groups is 1. The molecule has 76 heavy (non-hydrogen) atoms. The summed E-state index contributed by atoms with van der Waals surface area (Å²) in [5.41, 5.74) is 4.06. The smallest absolute Gasteiger partial charge is 0.432 e. The second kappa shape index (κ2) is 29.4. The number of nitrogens with two attached hydrogens (primary N) is 1. The maximum absolute atomic E-state index is 12.5. The molecule has 7 amide bonds. The number of β-lactam (4-membered cyclic amide) rings is 2. The molecule has 34 heteroatoms. The average Bonchev–Trinajstić information content (AvgIpc) is 3.81. The summed E-state index contributed by atoms with van der Waals surface area (Å²) in [7, 11) is -9.12. The van der Waals surface area contributed by atoms with Crippen molar-refractivity contribution in [3.05, 3.63) is 0 Å². The highest BCUT2D eigenvalue weighted by molar-refractivity contribution is 7.84. The molecule has 0 saturated carbocycles. The number of aliphatic carboxylic acids is 1. The van der Waals surface area contributed by atoms with E-state index in [9.17, 15) is 63.3 Å². The van der Waals surface area contributed by atoms with Crippen molar-refractivity contribution in [3.63, 3.8) is 0 Å². The number of quaternary nitrogens is 2. The van der Waals surface area contributed by atoms with Crippen LogP contribution in [0.5, 0.6) is 0 Å². The van der Waals surface area contributed by atoms with Crippen molar-refractivity contribution in [1.82, 2.24) is 43.9 Å². The topological polar surface area (TPSA) is 415 Å². The van der Waals surface area contributed by atoms with Crippen molar-refractivity contribution >= 4 is 62.3 Å². The quantitative estimate of drug-likeness (QED) is 0.0542. The van der Waals surface area contributed by atoms with E-state index in [-0.39, 0.29) is 62.8 Å². The van der Waals surface area contributed by atoms with Gasteiger partial charge in [0.1, 0.15) is 18.1 Å². The van der Waals surface area contributed by atoms with Crippen LogP contribution in [0.3, 0.4) is 0 Å². The number of rotatable bonds is 11. The normalized spacial score (nSPS) is 27.4. The van der Waals surface area contributed by atoms with Crippen molar-refractivity contribution in [2.24, 2.45) is 0 Å². The van der Waals surface area contributed by atoms with Gasteiger partial charge < -0.3 is 75.9 Å². The van der Waals surface area contributed by atoms with Crippen LogP contribution in [0.15, 0.2) is 0 Å². The van der Waals surface area contributed by atoms with Crippen molar-refractivity contribution in [2.75, 3.05) is 91.8 Å². The molecule has 0 bridgehead atoms. The Balaban J connectivity index is 0.000000219. The molecule has 8 rings (SSSR count). The van der Waals surface area contributed by atoms with Crippen molar-refractivity contribution in [2.45, 2.75) is 132 Å². The van der Waals surface area contributed by atoms with Crippen LogP contribution in [0, 0.1) is 0 Å². The Morgan fingerprint density at radius 1 is 0.684 bits per heavy atom. The fourth-order valence-electron chi connectivity index (χ4n) is 9.97.